The topological polar surface area (TPSA) is 42.3 Å². The van der Waals surface area contributed by atoms with E-state index in [1.807, 2.05) is 14.0 Å². The standard InChI is InChI=1S/C15H28N4/c1-15(13-16,17-2)7-5-8-18-11-6-14(12-18)19-9-3-4-10-19/h14,17H,3-12H2,1-2H3. The largest absolute Gasteiger partial charge is 0.303 e. The van der Waals surface area contributed by atoms with Crippen LogP contribution >= 0.6 is 0 Å². The number of rotatable bonds is 6. The molecule has 2 unspecified atom stereocenters. The molecule has 2 aliphatic heterocycles. The third-order valence-electron chi connectivity index (χ3n) is 4.85. The minimum absolute atomic E-state index is 0.353. The van der Waals surface area contributed by atoms with E-state index >= 15 is 0 Å². The second-order valence-electron chi connectivity index (χ2n) is 6.28. The summed E-state index contributed by atoms with van der Waals surface area (Å²) in [6, 6.07) is 3.17. The highest BCUT2D eigenvalue weighted by molar-refractivity contribution is 5.02. The van der Waals surface area contributed by atoms with Crippen molar-refractivity contribution in [2.45, 2.75) is 50.6 Å². The lowest BCUT2D eigenvalue weighted by Crippen LogP contribution is -2.39. The van der Waals surface area contributed by atoms with E-state index in [2.05, 4.69) is 21.2 Å². The SMILES string of the molecule is CNC(C)(C#N)CCCN1CCC(N2CCCC2)C1. The van der Waals surface area contributed by atoms with E-state index < -0.39 is 0 Å². The van der Waals surface area contributed by atoms with Gasteiger partial charge in [0, 0.05) is 12.6 Å². The molecule has 0 aromatic heterocycles. The summed E-state index contributed by atoms with van der Waals surface area (Å²) in [5, 5.41) is 12.2. The van der Waals surface area contributed by atoms with Gasteiger partial charge < -0.3 is 10.2 Å². The number of hydrogen-bond acceptors (Lipinski definition) is 4. The zero-order valence-electron chi connectivity index (χ0n) is 12.5. The fourth-order valence-corrected chi connectivity index (χ4v) is 3.31. The van der Waals surface area contributed by atoms with Crippen LogP contribution < -0.4 is 5.32 Å². The molecule has 19 heavy (non-hydrogen) atoms. The summed E-state index contributed by atoms with van der Waals surface area (Å²) in [4.78, 5) is 5.25. The molecule has 4 nitrogen and oxygen atoms in total. The first-order valence-electron chi connectivity index (χ1n) is 7.73. The van der Waals surface area contributed by atoms with Crippen molar-refractivity contribution < 1.29 is 0 Å². The molecule has 1 N–H and O–H groups in total. The van der Waals surface area contributed by atoms with E-state index in [9.17, 15) is 0 Å². The normalized spacial score (nSPS) is 28.4. The van der Waals surface area contributed by atoms with Crippen LogP contribution in [0.4, 0.5) is 0 Å². The summed E-state index contributed by atoms with van der Waals surface area (Å²) in [6.07, 6.45) is 6.16. The smallest absolute Gasteiger partial charge is 0.103 e. The van der Waals surface area contributed by atoms with Gasteiger partial charge in [-0.2, -0.15) is 5.26 Å². The minimum atomic E-state index is -0.353. The van der Waals surface area contributed by atoms with Gasteiger partial charge in [0.25, 0.3) is 0 Å². The second-order valence-corrected chi connectivity index (χ2v) is 6.28. The summed E-state index contributed by atoms with van der Waals surface area (Å²) >= 11 is 0. The van der Waals surface area contributed by atoms with E-state index in [-0.39, 0.29) is 5.54 Å². The third-order valence-corrected chi connectivity index (χ3v) is 4.85. The van der Waals surface area contributed by atoms with Crippen molar-refractivity contribution >= 4 is 0 Å². The van der Waals surface area contributed by atoms with Crippen molar-refractivity contribution in [1.29, 1.82) is 5.26 Å². The van der Waals surface area contributed by atoms with Crippen LogP contribution in [0.1, 0.15) is 39.0 Å². The predicted octanol–water partition coefficient (Wildman–Crippen LogP) is 1.44. The van der Waals surface area contributed by atoms with Crippen LogP contribution in [0.15, 0.2) is 0 Å². The Balaban J connectivity index is 1.66. The van der Waals surface area contributed by atoms with Gasteiger partial charge in [0.05, 0.1) is 6.07 Å². The van der Waals surface area contributed by atoms with Gasteiger partial charge in [-0.05, 0) is 72.3 Å². The van der Waals surface area contributed by atoms with Crippen molar-refractivity contribution in [3.05, 3.63) is 0 Å². The molecule has 0 aromatic rings. The maximum Gasteiger partial charge on any atom is 0.103 e. The third kappa shape index (κ3) is 3.92. The first-order chi connectivity index (χ1) is 9.17. The molecule has 0 saturated carbocycles. The maximum absolute atomic E-state index is 9.13. The van der Waals surface area contributed by atoms with Crippen molar-refractivity contribution in [2.75, 3.05) is 39.8 Å². The van der Waals surface area contributed by atoms with Crippen LogP contribution in [-0.4, -0.2) is 61.2 Å². The second kappa shape index (κ2) is 6.69. The molecule has 0 spiro atoms. The van der Waals surface area contributed by atoms with E-state index in [4.69, 9.17) is 5.26 Å². The van der Waals surface area contributed by atoms with E-state index in [1.165, 1.54) is 45.4 Å². The molecule has 2 rings (SSSR count). The highest BCUT2D eigenvalue weighted by Crippen LogP contribution is 2.21. The Morgan fingerprint density at radius 2 is 2.05 bits per heavy atom. The molecule has 2 saturated heterocycles. The Hall–Kier alpha value is -0.630. The quantitative estimate of drug-likeness (QED) is 0.788. The van der Waals surface area contributed by atoms with Crippen molar-refractivity contribution in [3.8, 4) is 6.07 Å². The van der Waals surface area contributed by atoms with Crippen LogP contribution in [0.2, 0.25) is 0 Å². The van der Waals surface area contributed by atoms with Crippen LogP contribution in [0.3, 0.4) is 0 Å². The zero-order chi connectivity index (χ0) is 13.7. The predicted molar refractivity (Wildman–Crippen MR) is 78.0 cm³/mol. The molecule has 0 amide bonds. The fourth-order valence-electron chi connectivity index (χ4n) is 3.31. The van der Waals surface area contributed by atoms with E-state index in [1.54, 1.807) is 0 Å². The lowest BCUT2D eigenvalue weighted by Gasteiger charge is -2.25. The van der Waals surface area contributed by atoms with Crippen LogP contribution in [0, 0.1) is 11.3 Å². The lowest BCUT2D eigenvalue weighted by molar-refractivity contribution is 0.229. The Morgan fingerprint density at radius 1 is 1.32 bits per heavy atom. The highest BCUT2D eigenvalue weighted by Gasteiger charge is 2.29. The van der Waals surface area contributed by atoms with Crippen molar-refractivity contribution in [2.24, 2.45) is 0 Å². The van der Waals surface area contributed by atoms with Gasteiger partial charge in [0.15, 0.2) is 0 Å². The molecule has 2 fully saturated rings. The summed E-state index contributed by atoms with van der Waals surface area (Å²) in [6.45, 7) is 8.23. The summed E-state index contributed by atoms with van der Waals surface area (Å²) in [5.74, 6) is 0. The zero-order valence-corrected chi connectivity index (χ0v) is 12.5. The molecule has 2 atom stereocenters. The van der Waals surface area contributed by atoms with E-state index in [0.717, 1.165) is 25.4 Å². The van der Waals surface area contributed by atoms with E-state index in [0.29, 0.717) is 0 Å². The maximum atomic E-state index is 9.13. The highest BCUT2D eigenvalue weighted by atomic mass is 15.3. The summed E-state index contributed by atoms with van der Waals surface area (Å²) < 4.78 is 0. The molecule has 0 aliphatic carbocycles. The minimum Gasteiger partial charge on any atom is -0.303 e. The molecule has 0 radical (unpaired) electrons. The van der Waals surface area contributed by atoms with Crippen molar-refractivity contribution in [3.63, 3.8) is 0 Å². The monoisotopic (exact) mass is 264 g/mol. The van der Waals surface area contributed by atoms with Crippen LogP contribution in [0.5, 0.6) is 0 Å². The average Bonchev–Trinajstić information content (AvgIpc) is 3.09. The molecule has 0 bridgehead atoms. The molecule has 0 aromatic carbocycles. The first-order valence-corrected chi connectivity index (χ1v) is 7.73. The number of hydrogen-bond donors (Lipinski definition) is 1. The van der Waals surface area contributed by atoms with Gasteiger partial charge >= 0.3 is 0 Å². The van der Waals surface area contributed by atoms with Crippen LogP contribution in [-0.2, 0) is 0 Å². The van der Waals surface area contributed by atoms with Crippen LogP contribution in [0.25, 0.3) is 0 Å². The van der Waals surface area contributed by atoms with Gasteiger partial charge in [-0.3, -0.25) is 4.90 Å². The summed E-state index contributed by atoms with van der Waals surface area (Å²) in [5.41, 5.74) is -0.353. The number of nitriles is 1. The van der Waals surface area contributed by atoms with Crippen molar-refractivity contribution in [1.82, 2.24) is 15.1 Å². The molecule has 4 heteroatoms. The van der Waals surface area contributed by atoms with Gasteiger partial charge in [-0.25, -0.2) is 0 Å². The number of nitrogens with one attached hydrogen (secondary N) is 1. The average molecular weight is 264 g/mol. The molecular formula is C15H28N4. The Labute approximate surface area is 117 Å². The number of nitrogens with zero attached hydrogens (tertiary/aromatic N) is 3. The summed E-state index contributed by atoms with van der Waals surface area (Å²) in [7, 11) is 1.88. The Bertz CT molecular complexity index is 319. The molecule has 2 heterocycles. The Morgan fingerprint density at radius 3 is 2.68 bits per heavy atom. The fraction of sp³-hybridized carbons (Fsp3) is 0.933. The molecular weight excluding hydrogens is 236 g/mol. The van der Waals surface area contributed by atoms with Gasteiger partial charge in [0.1, 0.15) is 5.54 Å². The van der Waals surface area contributed by atoms with Gasteiger partial charge in [-0.1, -0.05) is 0 Å². The van der Waals surface area contributed by atoms with Gasteiger partial charge in [-0.15, -0.1) is 0 Å². The Kier molecular flexibility index (Phi) is 5.20. The van der Waals surface area contributed by atoms with Gasteiger partial charge in [0.2, 0.25) is 0 Å². The molecule has 108 valence electrons. The lowest BCUT2D eigenvalue weighted by atomic mass is 9.98. The number of likely N-dealkylation sites (tertiary alicyclic amines) is 2. The molecule has 2 aliphatic rings. The first kappa shape index (κ1) is 14.8.